The van der Waals surface area contributed by atoms with Crippen molar-refractivity contribution in [1.82, 2.24) is 0 Å². The van der Waals surface area contributed by atoms with Gasteiger partial charge in [-0.2, -0.15) is 0 Å². The number of carbonyl (C=O) groups is 1. The average molecular weight is 480 g/mol. The van der Waals surface area contributed by atoms with Crippen LogP contribution in [0.4, 0.5) is 14.5 Å². The van der Waals surface area contributed by atoms with Crippen LogP contribution in [0.2, 0.25) is 5.02 Å². The predicted molar refractivity (Wildman–Crippen MR) is 115 cm³/mol. The highest BCUT2D eigenvalue weighted by Crippen LogP contribution is 2.36. The molecule has 0 saturated heterocycles. The SMILES string of the molecule is COc1c(Cl)cc2cc1S(=O)(=O)Nc1cc(cc(F)c1F)-c1ccccc1CCOC2=O. The highest BCUT2D eigenvalue weighted by molar-refractivity contribution is 7.92. The monoisotopic (exact) mass is 479 g/mol. The van der Waals surface area contributed by atoms with Gasteiger partial charge in [-0.15, -0.1) is 0 Å². The molecule has 6 nitrogen and oxygen atoms in total. The molecule has 1 aliphatic rings. The summed E-state index contributed by atoms with van der Waals surface area (Å²) in [6.45, 7) is -0.0314. The third-order valence-electron chi connectivity index (χ3n) is 4.94. The lowest BCUT2D eigenvalue weighted by Gasteiger charge is -2.17. The molecule has 0 saturated carbocycles. The van der Waals surface area contributed by atoms with Crippen LogP contribution < -0.4 is 9.46 Å². The number of rotatable bonds is 1. The minimum Gasteiger partial charge on any atom is -0.494 e. The Bertz CT molecular complexity index is 1340. The molecule has 0 amide bonds. The van der Waals surface area contributed by atoms with Crippen molar-refractivity contribution in [1.29, 1.82) is 0 Å². The molecule has 1 aliphatic heterocycles. The van der Waals surface area contributed by atoms with Crippen LogP contribution >= 0.6 is 11.6 Å². The smallest absolute Gasteiger partial charge is 0.338 e. The molecule has 1 heterocycles. The fourth-order valence-corrected chi connectivity index (χ4v) is 5.08. The van der Waals surface area contributed by atoms with Crippen LogP contribution in [0, 0.1) is 11.6 Å². The molecular formula is C22H16ClF2NO5S. The van der Waals surface area contributed by atoms with Gasteiger partial charge in [0.25, 0.3) is 10.0 Å². The highest BCUT2D eigenvalue weighted by Gasteiger charge is 2.27. The molecule has 0 unspecified atom stereocenters. The molecule has 3 aromatic carbocycles. The maximum absolute atomic E-state index is 14.6. The molecule has 1 N–H and O–H groups in total. The normalized spacial score (nSPS) is 15.1. The van der Waals surface area contributed by atoms with Crippen molar-refractivity contribution >= 4 is 33.3 Å². The zero-order valence-corrected chi connectivity index (χ0v) is 18.2. The number of ether oxygens (including phenoxy) is 2. The molecule has 10 heteroatoms. The Morgan fingerprint density at radius 1 is 1.09 bits per heavy atom. The van der Waals surface area contributed by atoms with Crippen molar-refractivity contribution in [2.45, 2.75) is 11.3 Å². The number of anilines is 1. The van der Waals surface area contributed by atoms with E-state index in [1.54, 1.807) is 24.3 Å². The molecule has 32 heavy (non-hydrogen) atoms. The van der Waals surface area contributed by atoms with Gasteiger partial charge in [-0.05, 0) is 41.0 Å². The third kappa shape index (κ3) is 4.01. The first-order valence-electron chi connectivity index (χ1n) is 9.36. The van der Waals surface area contributed by atoms with Crippen LogP contribution in [0.1, 0.15) is 15.9 Å². The van der Waals surface area contributed by atoms with Crippen LogP contribution in [0.15, 0.2) is 53.4 Å². The molecule has 0 fully saturated rings. The summed E-state index contributed by atoms with van der Waals surface area (Å²) in [6, 6.07) is 11.3. The number of hydrogen-bond acceptors (Lipinski definition) is 5. The van der Waals surface area contributed by atoms with Gasteiger partial charge in [-0.3, -0.25) is 4.72 Å². The minimum atomic E-state index is -4.55. The second-order valence-electron chi connectivity index (χ2n) is 6.96. The second-order valence-corrected chi connectivity index (χ2v) is 9.02. The Labute approximate surface area is 187 Å². The summed E-state index contributed by atoms with van der Waals surface area (Å²) < 4.78 is 67.6. The number of esters is 1. The van der Waals surface area contributed by atoms with Gasteiger partial charge in [0.2, 0.25) is 0 Å². The quantitative estimate of drug-likeness (QED) is 0.507. The molecule has 4 rings (SSSR count). The van der Waals surface area contributed by atoms with E-state index < -0.39 is 38.2 Å². The Balaban J connectivity index is 1.98. The standard InChI is InChI=1S/C22H16ClF2NO5S/c1-30-21-16(23)8-14-11-19(21)32(28,29)26-18-10-13(9-17(24)20(18)25)15-5-3-2-4-12(15)6-7-31-22(14)27/h2-5,8-11,26H,6-7H2,1H3. The molecule has 166 valence electrons. The van der Waals surface area contributed by atoms with Crippen LogP contribution in [-0.4, -0.2) is 28.1 Å². The van der Waals surface area contributed by atoms with E-state index in [0.717, 1.165) is 12.1 Å². The van der Waals surface area contributed by atoms with Gasteiger partial charge in [0.1, 0.15) is 4.90 Å². The summed E-state index contributed by atoms with van der Waals surface area (Å²) in [5.41, 5.74) is 0.754. The number of benzene rings is 3. The number of fused-ring (bicyclic) bond motifs is 6. The van der Waals surface area contributed by atoms with Gasteiger partial charge in [0.05, 0.1) is 30.0 Å². The van der Waals surface area contributed by atoms with Crippen LogP contribution in [-0.2, 0) is 21.2 Å². The van der Waals surface area contributed by atoms with E-state index in [4.69, 9.17) is 21.1 Å². The largest absolute Gasteiger partial charge is 0.494 e. The van der Waals surface area contributed by atoms with Crippen LogP contribution in [0.25, 0.3) is 11.1 Å². The molecule has 0 atom stereocenters. The number of methoxy groups -OCH3 is 1. The van der Waals surface area contributed by atoms with Gasteiger partial charge in [0, 0.05) is 6.42 Å². The van der Waals surface area contributed by atoms with E-state index in [9.17, 15) is 22.0 Å². The number of hydrogen-bond donors (Lipinski definition) is 1. The van der Waals surface area contributed by atoms with E-state index in [1.165, 1.54) is 19.2 Å². The Kier molecular flexibility index (Phi) is 5.79. The lowest BCUT2D eigenvalue weighted by atomic mass is 9.97. The lowest BCUT2D eigenvalue weighted by Crippen LogP contribution is -2.18. The number of cyclic esters (lactones) is 1. The number of sulfonamides is 1. The zero-order chi connectivity index (χ0) is 23.0. The number of nitrogens with one attached hydrogen (secondary N) is 1. The van der Waals surface area contributed by atoms with Crippen molar-refractivity contribution in [2.75, 3.05) is 18.4 Å². The molecule has 4 bridgehead atoms. The Morgan fingerprint density at radius 2 is 1.84 bits per heavy atom. The average Bonchev–Trinajstić information content (AvgIpc) is 2.75. The van der Waals surface area contributed by atoms with Gasteiger partial charge >= 0.3 is 5.97 Å². The maximum Gasteiger partial charge on any atom is 0.338 e. The van der Waals surface area contributed by atoms with Crippen molar-refractivity contribution in [3.8, 4) is 16.9 Å². The zero-order valence-electron chi connectivity index (χ0n) is 16.6. The molecular weight excluding hydrogens is 464 g/mol. The van der Waals surface area contributed by atoms with E-state index in [2.05, 4.69) is 0 Å². The summed E-state index contributed by atoms with van der Waals surface area (Å²) in [4.78, 5) is 12.0. The third-order valence-corrected chi connectivity index (χ3v) is 6.60. The first-order chi connectivity index (χ1) is 15.2. The summed E-state index contributed by atoms with van der Waals surface area (Å²) >= 11 is 6.12. The summed E-state index contributed by atoms with van der Waals surface area (Å²) in [5, 5.41) is -0.167. The van der Waals surface area contributed by atoms with Crippen molar-refractivity contribution < 1.29 is 31.5 Å². The molecule has 0 aliphatic carbocycles. The summed E-state index contributed by atoms with van der Waals surface area (Å²) in [6.07, 6.45) is 0.290. The van der Waals surface area contributed by atoms with Gasteiger partial charge in [-0.1, -0.05) is 35.9 Å². The molecule has 0 aromatic heterocycles. The van der Waals surface area contributed by atoms with Gasteiger partial charge < -0.3 is 9.47 Å². The topological polar surface area (TPSA) is 81.7 Å². The van der Waals surface area contributed by atoms with Crippen LogP contribution in [0.5, 0.6) is 5.75 Å². The first kappa shape index (κ1) is 22.0. The van der Waals surface area contributed by atoms with Crippen LogP contribution in [0.3, 0.4) is 0 Å². The fourth-order valence-electron chi connectivity index (χ4n) is 3.46. The van der Waals surface area contributed by atoms with Crippen molar-refractivity contribution in [3.05, 3.63) is 76.3 Å². The van der Waals surface area contributed by atoms with E-state index >= 15 is 0 Å². The lowest BCUT2D eigenvalue weighted by molar-refractivity contribution is 0.0509. The second kappa shape index (κ2) is 8.40. The van der Waals surface area contributed by atoms with E-state index in [1.807, 2.05) is 4.72 Å². The molecule has 0 spiro atoms. The molecule has 0 radical (unpaired) electrons. The first-order valence-corrected chi connectivity index (χ1v) is 11.2. The van der Waals surface area contributed by atoms with Crippen molar-refractivity contribution in [3.63, 3.8) is 0 Å². The Hall–Kier alpha value is -3.17. The van der Waals surface area contributed by atoms with E-state index in [-0.39, 0.29) is 28.5 Å². The molecule has 3 aromatic rings. The number of halogens is 3. The summed E-state index contributed by atoms with van der Waals surface area (Å²) in [7, 11) is -3.36. The predicted octanol–water partition coefficient (Wildman–Crippen LogP) is 4.81. The summed E-state index contributed by atoms with van der Waals surface area (Å²) in [5.74, 6) is -3.66. The Morgan fingerprint density at radius 3 is 2.59 bits per heavy atom. The van der Waals surface area contributed by atoms with Gasteiger partial charge in [0.15, 0.2) is 17.4 Å². The number of carbonyl (C=O) groups excluding carboxylic acids is 1. The van der Waals surface area contributed by atoms with Gasteiger partial charge in [-0.25, -0.2) is 22.0 Å². The van der Waals surface area contributed by atoms with E-state index in [0.29, 0.717) is 17.5 Å². The maximum atomic E-state index is 14.6. The fraction of sp³-hybridized carbons (Fsp3) is 0.136. The minimum absolute atomic E-state index is 0.0314. The highest BCUT2D eigenvalue weighted by atomic mass is 35.5. The van der Waals surface area contributed by atoms with Crippen molar-refractivity contribution in [2.24, 2.45) is 0 Å².